The molecule has 0 radical (unpaired) electrons. The van der Waals surface area contributed by atoms with Crippen molar-refractivity contribution in [3.8, 4) is 0 Å². The van der Waals surface area contributed by atoms with E-state index in [1.165, 1.54) is 0 Å². The lowest BCUT2D eigenvalue weighted by molar-refractivity contribution is -0.896. The highest BCUT2D eigenvalue weighted by Crippen LogP contribution is 2.15. The molecule has 6 heteroatoms. The molecule has 0 saturated carbocycles. The van der Waals surface area contributed by atoms with Crippen LogP contribution >= 0.6 is 0 Å². The van der Waals surface area contributed by atoms with Crippen LogP contribution in [0, 0.1) is 0 Å². The molecule has 0 aromatic carbocycles. The van der Waals surface area contributed by atoms with E-state index in [1.54, 1.807) is 20.2 Å². The van der Waals surface area contributed by atoms with Crippen LogP contribution in [0.25, 0.3) is 0 Å². The minimum absolute atomic E-state index is 0.00407. The molecule has 1 N–H and O–H groups in total. The van der Waals surface area contributed by atoms with Crippen molar-refractivity contribution in [1.82, 2.24) is 0 Å². The molecule has 0 bridgehead atoms. The summed E-state index contributed by atoms with van der Waals surface area (Å²) in [7, 11) is -1.15. The molecule has 0 saturated heterocycles. The molecule has 0 amide bonds. The number of hydrogen-bond donors (Lipinski definition) is 1. The smallest absolute Gasteiger partial charge is 0.181 e. The normalized spacial score (nSPS) is 15.1. The van der Waals surface area contributed by atoms with Gasteiger partial charge in [-0.3, -0.25) is 0 Å². The number of nitrogens with zero attached hydrogens (tertiary/aromatic N) is 1. The largest absolute Gasteiger partial charge is 0.743 e. The van der Waals surface area contributed by atoms with Gasteiger partial charge in [0, 0.05) is 13.0 Å². The third kappa shape index (κ3) is 3.75. The lowest BCUT2D eigenvalue weighted by Crippen LogP contribution is -2.53. The lowest BCUT2D eigenvalue weighted by atomic mass is 10.3. The van der Waals surface area contributed by atoms with Crippen molar-refractivity contribution in [2.45, 2.75) is 11.8 Å². The van der Waals surface area contributed by atoms with Crippen molar-refractivity contribution in [2.24, 2.45) is 0 Å². The molecule has 0 heterocycles. The molecule has 0 aliphatic rings. The summed E-state index contributed by atoms with van der Waals surface area (Å²) in [5, 5.41) is 7.57. The zero-order chi connectivity index (χ0) is 11.4. The number of quaternary nitrogens is 1. The van der Waals surface area contributed by atoms with Crippen LogP contribution < -0.4 is 0 Å². The maximum atomic E-state index is 10.9. The Morgan fingerprint density at radius 1 is 1.57 bits per heavy atom. The fourth-order valence-electron chi connectivity index (χ4n) is 1.40. The molecule has 0 aromatic heterocycles. The van der Waals surface area contributed by atoms with Crippen molar-refractivity contribution in [3.63, 3.8) is 0 Å². The van der Waals surface area contributed by atoms with E-state index in [2.05, 4.69) is 6.58 Å². The molecule has 14 heavy (non-hydrogen) atoms. The van der Waals surface area contributed by atoms with E-state index in [1.807, 2.05) is 0 Å². The predicted molar refractivity (Wildman–Crippen MR) is 52.4 cm³/mol. The van der Waals surface area contributed by atoms with E-state index in [9.17, 15) is 13.0 Å². The average molecular weight is 223 g/mol. The van der Waals surface area contributed by atoms with Gasteiger partial charge in [0.2, 0.25) is 0 Å². The van der Waals surface area contributed by atoms with Crippen LogP contribution in [0.15, 0.2) is 12.7 Å². The zero-order valence-corrected chi connectivity index (χ0v) is 9.33. The van der Waals surface area contributed by atoms with Crippen molar-refractivity contribution in [2.75, 3.05) is 27.2 Å². The van der Waals surface area contributed by atoms with Gasteiger partial charge in [0.05, 0.1) is 20.6 Å². The Balaban J connectivity index is 4.90. The minimum atomic E-state index is -4.39. The number of likely N-dealkylation sites (N-methyl/N-ethyl adjacent to an activating group) is 1. The molecular formula is C8H17NO4S. The Hall–Kier alpha value is -0.430. The van der Waals surface area contributed by atoms with Crippen molar-refractivity contribution >= 4 is 10.1 Å². The Morgan fingerprint density at radius 2 is 2.07 bits per heavy atom. The molecule has 84 valence electrons. The first-order valence-corrected chi connectivity index (χ1v) is 5.72. The van der Waals surface area contributed by atoms with Crippen molar-refractivity contribution in [1.29, 1.82) is 0 Å². The highest BCUT2D eigenvalue weighted by molar-refractivity contribution is 7.86. The van der Waals surface area contributed by atoms with E-state index >= 15 is 0 Å². The first-order chi connectivity index (χ1) is 6.25. The molecule has 5 nitrogen and oxygen atoms in total. The summed E-state index contributed by atoms with van der Waals surface area (Å²) in [6.45, 7) is 3.55. The maximum absolute atomic E-state index is 10.9. The van der Waals surface area contributed by atoms with Crippen molar-refractivity contribution in [3.05, 3.63) is 12.7 Å². The second kappa shape index (κ2) is 4.88. The van der Waals surface area contributed by atoms with E-state index in [4.69, 9.17) is 5.11 Å². The molecule has 0 aliphatic carbocycles. The number of hydrogen-bond acceptors (Lipinski definition) is 4. The van der Waals surface area contributed by atoms with Gasteiger partial charge in [-0.25, -0.2) is 8.42 Å². The minimum Gasteiger partial charge on any atom is -0.743 e. The number of aliphatic hydroxyl groups excluding tert-OH is 1. The van der Waals surface area contributed by atoms with Crippen LogP contribution in [0.3, 0.4) is 0 Å². The zero-order valence-electron chi connectivity index (χ0n) is 8.51. The third-order valence-electron chi connectivity index (χ3n) is 2.09. The lowest BCUT2D eigenvalue weighted by Gasteiger charge is -2.37. The van der Waals surface area contributed by atoms with Gasteiger partial charge in [-0.15, -0.1) is 0 Å². The van der Waals surface area contributed by atoms with E-state index in [0.29, 0.717) is 6.54 Å². The van der Waals surface area contributed by atoms with Gasteiger partial charge in [-0.1, -0.05) is 6.58 Å². The highest BCUT2D eigenvalue weighted by atomic mass is 32.2. The summed E-state index contributed by atoms with van der Waals surface area (Å²) in [6, 6.07) is 0. The molecule has 0 spiro atoms. The maximum Gasteiger partial charge on any atom is 0.181 e. The van der Waals surface area contributed by atoms with Gasteiger partial charge in [-0.2, -0.15) is 0 Å². The molecule has 0 aliphatic heterocycles. The van der Waals surface area contributed by atoms with Gasteiger partial charge in [0.25, 0.3) is 0 Å². The summed E-state index contributed by atoms with van der Waals surface area (Å²) >= 11 is 0. The van der Waals surface area contributed by atoms with Crippen LogP contribution in [-0.2, 0) is 10.1 Å². The van der Waals surface area contributed by atoms with Crippen LogP contribution in [0.4, 0.5) is 0 Å². The SMILES string of the molecule is C=CC[N+](C)(C)C(CCO)S(=O)(=O)[O-]. The van der Waals surface area contributed by atoms with Gasteiger partial charge < -0.3 is 14.1 Å². The Bertz CT molecular complexity index is 284. The Morgan fingerprint density at radius 3 is 2.36 bits per heavy atom. The van der Waals surface area contributed by atoms with E-state index in [-0.39, 0.29) is 17.5 Å². The van der Waals surface area contributed by atoms with Gasteiger partial charge in [0.15, 0.2) is 5.37 Å². The standard InChI is InChI=1S/C8H17NO4S/c1-4-6-9(2,3)8(5-7-10)14(11,12)13/h4,8,10H,1,5-7H2,2-3H3. The Labute approximate surface area is 85.0 Å². The summed E-state index contributed by atoms with van der Waals surface area (Å²) in [4.78, 5) is 0. The quantitative estimate of drug-likeness (QED) is 0.374. The van der Waals surface area contributed by atoms with Crippen molar-refractivity contribution < 1.29 is 22.6 Å². The predicted octanol–water partition coefficient (Wildman–Crippen LogP) is -0.497. The first-order valence-electron chi connectivity index (χ1n) is 4.25. The fourth-order valence-corrected chi connectivity index (χ4v) is 2.58. The van der Waals surface area contributed by atoms with E-state index in [0.717, 1.165) is 0 Å². The summed E-state index contributed by atoms with van der Waals surface area (Å²) in [6.07, 6.45) is 1.50. The fraction of sp³-hybridized carbons (Fsp3) is 0.750. The topological polar surface area (TPSA) is 77.4 Å². The van der Waals surface area contributed by atoms with Gasteiger partial charge >= 0.3 is 0 Å². The van der Waals surface area contributed by atoms with Gasteiger partial charge in [-0.05, 0) is 6.08 Å². The van der Waals surface area contributed by atoms with Crippen LogP contribution in [0.1, 0.15) is 6.42 Å². The second-order valence-corrected chi connectivity index (χ2v) is 5.24. The number of rotatable bonds is 6. The summed E-state index contributed by atoms with van der Waals surface area (Å²) in [5.74, 6) is 0. The second-order valence-electron chi connectivity index (χ2n) is 3.71. The Kier molecular flexibility index (Phi) is 4.73. The van der Waals surface area contributed by atoms with Crippen LogP contribution in [-0.4, -0.2) is 55.2 Å². The first kappa shape index (κ1) is 13.6. The van der Waals surface area contributed by atoms with Gasteiger partial charge in [0.1, 0.15) is 10.1 Å². The molecule has 1 atom stereocenters. The molecule has 0 fully saturated rings. The molecular weight excluding hydrogens is 206 g/mol. The third-order valence-corrected chi connectivity index (χ3v) is 3.56. The summed E-state index contributed by atoms with van der Waals surface area (Å²) in [5.41, 5.74) is 0. The molecule has 0 rings (SSSR count). The van der Waals surface area contributed by atoms with Crippen LogP contribution in [0.2, 0.25) is 0 Å². The van der Waals surface area contributed by atoms with E-state index < -0.39 is 15.5 Å². The number of aliphatic hydroxyl groups is 1. The van der Waals surface area contributed by atoms with Crippen LogP contribution in [0.5, 0.6) is 0 Å². The molecule has 0 aromatic rings. The average Bonchev–Trinajstić information content (AvgIpc) is 1.97. The monoisotopic (exact) mass is 223 g/mol. The molecule has 1 unspecified atom stereocenters. The summed E-state index contributed by atoms with van der Waals surface area (Å²) < 4.78 is 32.8. The highest BCUT2D eigenvalue weighted by Gasteiger charge is 2.32.